The van der Waals surface area contributed by atoms with Gasteiger partial charge < -0.3 is 15.5 Å². The van der Waals surface area contributed by atoms with Gasteiger partial charge in [-0.05, 0) is 28.8 Å². The highest BCUT2D eigenvalue weighted by atomic mass is 16.3. The summed E-state index contributed by atoms with van der Waals surface area (Å²) in [6, 6.07) is 14.0. The molecular formula is C16H17NO3. The van der Waals surface area contributed by atoms with Crippen molar-refractivity contribution in [3.8, 4) is 5.75 Å². The SMILES string of the molecule is O=C(Cc1ccc(O)cc1)NCc1cccc(CO)c1. The van der Waals surface area contributed by atoms with Crippen LogP contribution in [0.4, 0.5) is 0 Å². The van der Waals surface area contributed by atoms with Gasteiger partial charge in [0.15, 0.2) is 0 Å². The molecule has 0 fully saturated rings. The second kappa shape index (κ2) is 6.73. The number of aliphatic hydroxyl groups excluding tert-OH is 1. The van der Waals surface area contributed by atoms with E-state index in [1.165, 1.54) is 0 Å². The van der Waals surface area contributed by atoms with Gasteiger partial charge in [-0.25, -0.2) is 0 Å². The Hall–Kier alpha value is -2.33. The van der Waals surface area contributed by atoms with Crippen molar-refractivity contribution in [2.24, 2.45) is 0 Å². The normalized spacial score (nSPS) is 10.2. The van der Waals surface area contributed by atoms with Crippen LogP contribution in [0, 0.1) is 0 Å². The van der Waals surface area contributed by atoms with Gasteiger partial charge in [0.25, 0.3) is 0 Å². The first kappa shape index (κ1) is 14.1. The topological polar surface area (TPSA) is 69.6 Å². The summed E-state index contributed by atoms with van der Waals surface area (Å²) in [5.74, 6) is 0.111. The fraction of sp³-hybridized carbons (Fsp3) is 0.188. The maximum absolute atomic E-state index is 11.8. The van der Waals surface area contributed by atoms with E-state index in [-0.39, 0.29) is 24.7 Å². The van der Waals surface area contributed by atoms with Gasteiger partial charge in [-0.15, -0.1) is 0 Å². The Morgan fingerprint density at radius 2 is 1.70 bits per heavy atom. The lowest BCUT2D eigenvalue weighted by Gasteiger charge is -2.07. The number of nitrogens with one attached hydrogen (secondary N) is 1. The number of carbonyl (C=O) groups excluding carboxylic acids is 1. The van der Waals surface area contributed by atoms with Crippen LogP contribution in [0.2, 0.25) is 0 Å². The molecule has 0 aliphatic heterocycles. The minimum absolute atomic E-state index is 0.00467. The molecule has 0 radical (unpaired) electrons. The third-order valence-corrected chi connectivity index (χ3v) is 2.96. The van der Waals surface area contributed by atoms with Gasteiger partial charge in [0.1, 0.15) is 5.75 Å². The fourth-order valence-corrected chi connectivity index (χ4v) is 1.90. The third-order valence-electron chi connectivity index (χ3n) is 2.96. The number of hydrogen-bond acceptors (Lipinski definition) is 3. The molecule has 0 aliphatic carbocycles. The van der Waals surface area contributed by atoms with E-state index in [0.29, 0.717) is 6.54 Å². The molecule has 20 heavy (non-hydrogen) atoms. The van der Waals surface area contributed by atoms with Gasteiger partial charge in [0.05, 0.1) is 13.0 Å². The average Bonchev–Trinajstić information content (AvgIpc) is 2.48. The number of hydrogen-bond donors (Lipinski definition) is 3. The Balaban J connectivity index is 1.87. The fourth-order valence-electron chi connectivity index (χ4n) is 1.90. The lowest BCUT2D eigenvalue weighted by Crippen LogP contribution is -2.24. The first-order valence-electron chi connectivity index (χ1n) is 6.40. The second-order valence-corrected chi connectivity index (χ2v) is 4.60. The summed E-state index contributed by atoms with van der Waals surface area (Å²) in [5, 5.41) is 21.1. The van der Waals surface area contributed by atoms with E-state index in [9.17, 15) is 9.90 Å². The van der Waals surface area contributed by atoms with Crippen LogP contribution in [0.1, 0.15) is 16.7 Å². The van der Waals surface area contributed by atoms with Crippen molar-refractivity contribution in [2.45, 2.75) is 19.6 Å². The number of phenolic OH excluding ortho intramolecular Hbond substituents is 1. The molecule has 2 aromatic carbocycles. The van der Waals surface area contributed by atoms with E-state index in [1.54, 1.807) is 24.3 Å². The quantitative estimate of drug-likeness (QED) is 0.776. The predicted octanol–water partition coefficient (Wildman–Crippen LogP) is 1.74. The van der Waals surface area contributed by atoms with Crippen molar-refractivity contribution < 1.29 is 15.0 Å². The highest BCUT2D eigenvalue weighted by molar-refractivity contribution is 5.78. The molecule has 0 atom stereocenters. The number of amides is 1. The molecule has 4 heteroatoms. The summed E-state index contributed by atoms with van der Waals surface area (Å²) >= 11 is 0. The second-order valence-electron chi connectivity index (χ2n) is 4.60. The molecule has 3 N–H and O–H groups in total. The molecule has 104 valence electrons. The Bertz CT molecular complexity index is 579. The summed E-state index contributed by atoms with van der Waals surface area (Å²) in [6.45, 7) is 0.431. The average molecular weight is 271 g/mol. The molecule has 2 rings (SSSR count). The molecule has 0 spiro atoms. The number of carbonyl (C=O) groups is 1. The smallest absolute Gasteiger partial charge is 0.224 e. The van der Waals surface area contributed by atoms with Gasteiger partial charge >= 0.3 is 0 Å². The van der Waals surface area contributed by atoms with Gasteiger partial charge in [0, 0.05) is 6.54 Å². The largest absolute Gasteiger partial charge is 0.508 e. The minimum atomic E-state index is -0.0786. The molecular weight excluding hydrogens is 254 g/mol. The van der Waals surface area contributed by atoms with Crippen molar-refractivity contribution in [1.82, 2.24) is 5.32 Å². The Kier molecular flexibility index (Phi) is 4.74. The summed E-state index contributed by atoms with van der Waals surface area (Å²) in [6.07, 6.45) is 0.278. The number of benzene rings is 2. The zero-order chi connectivity index (χ0) is 14.4. The van der Waals surface area contributed by atoms with Crippen LogP contribution >= 0.6 is 0 Å². The molecule has 0 heterocycles. The number of aromatic hydroxyl groups is 1. The van der Waals surface area contributed by atoms with E-state index in [0.717, 1.165) is 16.7 Å². The first-order chi connectivity index (χ1) is 9.67. The molecule has 0 aliphatic rings. The molecule has 2 aromatic rings. The molecule has 4 nitrogen and oxygen atoms in total. The molecule has 1 amide bonds. The summed E-state index contributed by atoms with van der Waals surface area (Å²) in [5.41, 5.74) is 2.63. The molecule has 0 saturated carbocycles. The van der Waals surface area contributed by atoms with E-state index in [1.807, 2.05) is 24.3 Å². The maximum atomic E-state index is 11.8. The summed E-state index contributed by atoms with van der Waals surface area (Å²) in [4.78, 5) is 11.8. The Labute approximate surface area is 117 Å². The minimum Gasteiger partial charge on any atom is -0.508 e. The number of phenols is 1. The maximum Gasteiger partial charge on any atom is 0.224 e. The summed E-state index contributed by atoms with van der Waals surface area (Å²) in [7, 11) is 0. The lowest BCUT2D eigenvalue weighted by molar-refractivity contribution is -0.120. The molecule has 0 unspecified atom stereocenters. The van der Waals surface area contributed by atoms with Crippen LogP contribution in [0.3, 0.4) is 0 Å². The van der Waals surface area contributed by atoms with Crippen molar-refractivity contribution in [1.29, 1.82) is 0 Å². The first-order valence-corrected chi connectivity index (χ1v) is 6.40. The van der Waals surface area contributed by atoms with Crippen LogP contribution in [0.25, 0.3) is 0 Å². The summed E-state index contributed by atoms with van der Waals surface area (Å²) < 4.78 is 0. The van der Waals surface area contributed by atoms with Crippen LogP contribution in [-0.4, -0.2) is 16.1 Å². The zero-order valence-electron chi connectivity index (χ0n) is 11.0. The van der Waals surface area contributed by atoms with E-state index in [4.69, 9.17) is 5.11 Å². The standard InChI is InChI=1S/C16H17NO3/c18-11-14-3-1-2-13(8-14)10-17-16(20)9-12-4-6-15(19)7-5-12/h1-8,18-19H,9-11H2,(H,17,20). The van der Waals surface area contributed by atoms with Crippen LogP contribution in [-0.2, 0) is 24.4 Å². The molecule has 0 aromatic heterocycles. The van der Waals surface area contributed by atoms with Gasteiger partial charge in [-0.1, -0.05) is 36.4 Å². The lowest BCUT2D eigenvalue weighted by atomic mass is 10.1. The zero-order valence-corrected chi connectivity index (χ0v) is 11.0. The Morgan fingerprint density at radius 1 is 1.00 bits per heavy atom. The van der Waals surface area contributed by atoms with E-state index in [2.05, 4.69) is 5.32 Å². The highest BCUT2D eigenvalue weighted by Crippen LogP contribution is 2.10. The highest BCUT2D eigenvalue weighted by Gasteiger charge is 2.04. The molecule has 0 saturated heterocycles. The predicted molar refractivity (Wildman–Crippen MR) is 76.0 cm³/mol. The number of aliphatic hydroxyl groups is 1. The van der Waals surface area contributed by atoms with Gasteiger partial charge in [-0.2, -0.15) is 0 Å². The van der Waals surface area contributed by atoms with Crippen LogP contribution in [0.15, 0.2) is 48.5 Å². The van der Waals surface area contributed by atoms with Crippen molar-refractivity contribution >= 4 is 5.91 Å². The molecule has 0 bridgehead atoms. The van der Waals surface area contributed by atoms with Gasteiger partial charge in [0.2, 0.25) is 5.91 Å². The van der Waals surface area contributed by atoms with Gasteiger partial charge in [-0.3, -0.25) is 4.79 Å². The van der Waals surface area contributed by atoms with Crippen LogP contribution < -0.4 is 5.32 Å². The van der Waals surface area contributed by atoms with Crippen molar-refractivity contribution in [3.63, 3.8) is 0 Å². The Morgan fingerprint density at radius 3 is 2.40 bits per heavy atom. The van der Waals surface area contributed by atoms with E-state index < -0.39 is 0 Å². The van der Waals surface area contributed by atoms with E-state index >= 15 is 0 Å². The third kappa shape index (κ3) is 4.10. The van der Waals surface area contributed by atoms with Crippen molar-refractivity contribution in [3.05, 3.63) is 65.2 Å². The van der Waals surface area contributed by atoms with Crippen molar-refractivity contribution in [2.75, 3.05) is 0 Å². The monoisotopic (exact) mass is 271 g/mol. The number of rotatable bonds is 5. The van der Waals surface area contributed by atoms with Crippen LogP contribution in [0.5, 0.6) is 5.75 Å².